The maximum Gasteiger partial charge on any atom is 0.321 e. The van der Waals surface area contributed by atoms with Gasteiger partial charge in [-0.15, -0.1) is 0 Å². The smallest absolute Gasteiger partial charge is 0.321 e. The second-order valence-corrected chi connectivity index (χ2v) is 7.50. The molecule has 0 spiro atoms. The zero-order chi connectivity index (χ0) is 20.9. The van der Waals surface area contributed by atoms with Crippen molar-refractivity contribution in [2.45, 2.75) is 45.7 Å². The predicted octanol–water partition coefficient (Wildman–Crippen LogP) is 2.12. The van der Waals surface area contributed by atoms with E-state index in [1.807, 2.05) is 24.3 Å². The topological polar surface area (TPSA) is 105 Å². The van der Waals surface area contributed by atoms with Crippen molar-refractivity contribution in [3.8, 4) is 0 Å². The number of urea groups is 1. The van der Waals surface area contributed by atoms with E-state index in [9.17, 15) is 19.2 Å². The Morgan fingerprint density at radius 3 is 2.46 bits per heavy atom. The van der Waals surface area contributed by atoms with Gasteiger partial charge in [-0.1, -0.05) is 24.3 Å². The fourth-order valence-electron chi connectivity index (χ4n) is 2.81. The van der Waals surface area contributed by atoms with Crippen LogP contribution in [-0.2, 0) is 19.1 Å². The van der Waals surface area contributed by atoms with E-state index < -0.39 is 36.1 Å². The van der Waals surface area contributed by atoms with Crippen molar-refractivity contribution in [1.29, 1.82) is 0 Å². The number of benzene rings is 1. The fraction of sp³-hybridized carbons (Fsp3) is 0.400. The van der Waals surface area contributed by atoms with Crippen LogP contribution in [0, 0.1) is 0 Å². The van der Waals surface area contributed by atoms with Gasteiger partial charge in [-0.25, -0.2) is 4.79 Å². The summed E-state index contributed by atoms with van der Waals surface area (Å²) in [7, 11) is 0. The van der Waals surface area contributed by atoms with Crippen LogP contribution < -0.4 is 10.6 Å². The van der Waals surface area contributed by atoms with Crippen molar-refractivity contribution in [3.05, 3.63) is 41.6 Å². The Morgan fingerprint density at radius 1 is 1.14 bits per heavy atom. The molecule has 0 bridgehead atoms. The number of hydrogen-bond donors (Lipinski definition) is 2. The molecule has 28 heavy (non-hydrogen) atoms. The minimum atomic E-state index is -0.734. The summed E-state index contributed by atoms with van der Waals surface area (Å²) in [5.74, 6) is -1.59. The number of nitrogens with one attached hydrogen (secondary N) is 2. The number of imide groups is 1. The van der Waals surface area contributed by atoms with Crippen molar-refractivity contribution >= 4 is 29.9 Å². The van der Waals surface area contributed by atoms with Crippen LogP contribution in [0.4, 0.5) is 4.79 Å². The van der Waals surface area contributed by atoms with Gasteiger partial charge in [0.1, 0.15) is 0 Å². The normalized spacial score (nSPS) is 15.4. The molecule has 0 unspecified atom stereocenters. The number of rotatable bonds is 4. The molecule has 1 heterocycles. The van der Waals surface area contributed by atoms with Crippen LogP contribution in [0.25, 0.3) is 6.08 Å². The average Bonchev–Trinajstić information content (AvgIpc) is 2.58. The highest BCUT2D eigenvalue weighted by Crippen LogP contribution is 2.32. The summed E-state index contributed by atoms with van der Waals surface area (Å²) in [5, 5.41) is 4.67. The number of ether oxygens (including phenoxy) is 1. The van der Waals surface area contributed by atoms with Crippen molar-refractivity contribution in [2.75, 3.05) is 6.61 Å². The molecule has 1 aliphatic heterocycles. The number of fused-ring (bicyclic) bond motifs is 1. The minimum Gasteiger partial charge on any atom is -0.455 e. The third-order valence-corrected chi connectivity index (χ3v) is 3.93. The molecule has 4 amide bonds. The Kier molecular flexibility index (Phi) is 6.56. The van der Waals surface area contributed by atoms with Crippen LogP contribution in [0.3, 0.4) is 0 Å². The van der Waals surface area contributed by atoms with Gasteiger partial charge < -0.3 is 15.0 Å². The van der Waals surface area contributed by atoms with Gasteiger partial charge >= 0.3 is 12.0 Å². The quantitative estimate of drug-likeness (QED) is 0.770. The summed E-state index contributed by atoms with van der Waals surface area (Å²) in [5.41, 5.74) is 1.24. The molecule has 0 saturated carbocycles. The first-order valence-corrected chi connectivity index (χ1v) is 8.90. The number of carbonyl (C=O) groups is 4. The Balaban J connectivity index is 1.94. The highest BCUT2D eigenvalue weighted by molar-refractivity contribution is 5.95. The molecule has 8 heteroatoms. The molecular weight excluding hydrogens is 362 g/mol. The van der Waals surface area contributed by atoms with E-state index in [1.54, 1.807) is 33.0 Å². The van der Waals surface area contributed by atoms with Gasteiger partial charge in [-0.05, 0) is 38.0 Å². The molecule has 150 valence electrons. The maximum absolute atomic E-state index is 12.2. The minimum absolute atomic E-state index is 0.109. The Hall–Kier alpha value is -3.16. The molecule has 0 aromatic heterocycles. The summed E-state index contributed by atoms with van der Waals surface area (Å²) in [6.07, 6.45) is 3.33. The zero-order valence-electron chi connectivity index (χ0n) is 16.4. The van der Waals surface area contributed by atoms with Gasteiger partial charge in [0.2, 0.25) is 5.91 Å². The highest BCUT2D eigenvalue weighted by atomic mass is 16.5. The highest BCUT2D eigenvalue weighted by Gasteiger charge is 2.29. The average molecular weight is 387 g/mol. The first kappa shape index (κ1) is 21.1. The van der Waals surface area contributed by atoms with Crippen LogP contribution in [-0.4, -0.2) is 40.9 Å². The lowest BCUT2D eigenvalue weighted by atomic mass is 9.94. The van der Waals surface area contributed by atoms with Gasteiger partial charge in [0.25, 0.3) is 5.91 Å². The van der Waals surface area contributed by atoms with E-state index in [0.29, 0.717) is 0 Å². The predicted molar refractivity (Wildman–Crippen MR) is 103 cm³/mol. The molecule has 8 nitrogen and oxygen atoms in total. The van der Waals surface area contributed by atoms with Crippen LogP contribution in [0.2, 0.25) is 0 Å². The fourth-order valence-corrected chi connectivity index (χ4v) is 2.81. The molecule has 1 atom stereocenters. The van der Waals surface area contributed by atoms with Crippen LogP contribution in [0.15, 0.2) is 30.5 Å². The molecule has 2 N–H and O–H groups in total. The van der Waals surface area contributed by atoms with Crippen LogP contribution in [0.1, 0.15) is 51.3 Å². The number of hydrogen-bond acceptors (Lipinski definition) is 5. The summed E-state index contributed by atoms with van der Waals surface area (Å²) in [6, 6.07) is 6.26. The van der Waals surface area contributed by atoms with E-state index >= 15 is 0 Å². The third kappa shape index (κ3) is 5.94. The Morgan fingerprint density at radius 2 is 1.82 bits per heavy atom. The lowest BCUT2D eigenvalue weighted by Gasteiger charge is -2.32. The van der Waals surface area contributed by atoms with Crippen molar-refractivity contribution in [2.24, 2.45) is 0 Å². The van der Waals surface area contributed by atoms with Crippen LogP contribution >= 0.6 is 0 Å². The standard InChI is InChI=1S/C20H25N3O5/c1-13(24)23-10-9-14-7-5-6-8-15(14)16(23)11-18(26)28-12-17(25)21-19(27)22-20(2,3)4/h5-10,16H,11-12H2,1-4H3,(H2,21,22,25,27)/t16-/m1/s1. The third-order valence-electron chi connectivity index (χ3n) is 3.93. The Labute approximate surface area is 163 Å². The lowest BCUT2D eigenvalue weighted by Crippen LogP contribution is -2.49. The van der Waals surface area contributed by atoms with Crippen LogP contribution in [0.5, 0.6) is 0 Å². The number of esters is 1. The maximum atomic E-state index is 12.2. The van der Waals surface area contributed by atoms with E-state index in [2.05, 4.69) is 10.6 Å². The van der Waals surface area contributed by atoms with Gasteiger partial charge in [0.15, 0.2) is 6.61 Å². The molecule has 1 aliphatic rings. The van der Waals surface area contributed by atoms with Gasteiger partial charge in [0.05, 0.1) is 12.5 Å². The van der Waals surface area contributed by atoms with E-state index in [1.165, 1.54) is 11.8 Å². The van der Waals surface area contributed by atoms with Crippen molar-refractivity contribution in [3.63, 3.8) is 0 Å². The van der Waals surface area contributed by atoms with Crippen molar-refractivity contribution in [1.82, 2.24) is 15.5 Å². The molecule has 2 rings (SSSR count). The number of nitrogens with zero attached hydrogens (tertiary/aromatic N) is 1. The van der Waals surface area contributed by atoms with Gasteiger partial charge in [-0.3, -0.25) is 19.7 Å². The first-order chi connectivity index (χ1) is 13.1. The molecule has 0 saturated heterocycles. The van der Waals surface area contributed by atoms with E-state index in [-0.39, 0.29) is 12.3 Å². The second kappa shape index (κ2) is 8.69. The van der Waals surface area contributed by atoms with Gasteiger partial charge in [0, 0.05) is 18.7 Å². The lowest BCUT2D eigenvalue weighted by molar-refractivity contribution is -0.150. The van der Waals surface area contributed by atoms with E-state index in [0.717, 1.165) is 11.1 Å². The first-order valence-electron chi connectivity index (χ1n) is 8.90. The molecule has 1 aromatic rings. The van der Waals surface area contributed by atoms with Crippen molar-refractivity contribution < 1.29 is 23.9 Å². The zero-order valence-corrected chi connectivity index (χ0v) is 16.4. The second-order valence-electron chi connectivity index (χ2n) is 7.50. The summed E-state index contributed by atoms with van der Waals surface area (Å²) >= 11 is 0. The molecule has 1 aromatic carbocycles. The monoisotopic (exact) mass is 387 g/mol. The number of amides is 4. The molecule has 0 aliphatic carbocycles. The van der Waals surface area contributed by atoms with E-state index in [4.69, 9.17) is 4.74 Å². The largest absolute Gasteiger partial charge is 0.455 e. The molecule has 0 fully saturated rings. The SMILES string of the molecule is CC(=O)N1C=Cc2ccccc2[C@H]1CC(=O)OCC(=O)NC(=O)NC(C)(C)C. The van der Waals surface area contributed by atoms with Gasteiger partial charge in [-0.2, -0.15) is 0 Å². The molecule has 0 radical (unpaired) electrons. The molecular formula is C20H25N3O5. The summed E-state index contributed by atoms with van der Waals surface area (Å²) in [6.45, 7) is 6.15. The Bertz CT molecular complexity index is 810. The summed E-state index contributed by atoms with van der Waals surface area (Å²) in [4.78, 5) is 49.1. The summed E-state index contributed by atoms with van der Waals surface area (Å²) < 4.78 is 4.99. The number of carbonyl (C=O) groups excluding carboxylic acids is 4.